The zero-order valence-corrected chi connectivity index (χ0v) is 18.9. The first-order valence-electron chi connectivity index (χ1n) is 9.75. The highest BCUT2D eigenvalue weighted by molar-refractivity contribution is 8.18. The van der Waals surface area contributed by atoms with Gasteiger partial charge in [0.2, 0.25) is 5.76 Å². The van der Waals surface area contributed by atoms with Crippen molar-refractivity contribution in [3.63, 3.8) is 0 Å². The van der Waals surface area contributed by atoms with E-state index in [1.807, 2.05) is 0 Å². The molecule has 0 bridgehead atoms. The highest BCUT2D eigenvalue weighted by Crippen LogP contribution is 2.35. The van der Waals surface area contributed by atoms with Crippen LogP contribution in [0.3, 0.4) is 0 Å². The molecule has 174 valence electrons. The van der Waals surface area contributed by atoms with Crippen LogP contribution in [0.5, 0.6) is 11.5 Å². The van der Waals surface area contributed by atoms with E-state index in [0.717, 1.165) is 16.7 Å². The van der Waals surface area contributed by atoms with Gasteiger partial charge in [0, 0.05) is 0 Å². The third-order valence-electron chi connectivity index (χ3n) is 4.37. The fourth-order valence-corrected chi connectivity index (χ4v) is 3.65. The van der Waals surface area contributed by atoms with Gasteiger partial charge in [-0.1, -0.05) is 6.07 Å². The van der Waals surface area contributed by atoms with Gasteiger partial charge in [0.25, 0.3) is 11.1 Å². The number of carbonyl (C=O) groups is 4. The number of hydrogen-bond acceptors (Lipinski definition) is 10. The number of imide groups is 1. The molecule has 1 aliphatic heterocycles. The maximum Gasteiger partial charge on any atom is 0.373 e. The third kappa shape index (κ3) is 5.75. The molecule has 1 fully saturated rings. The summed E-state index contributed by atoms with van der Waals surface area (Å²) in [7, 11) is 2.48. The molecule has 0 saturated carbocycles. The summed E-state index contributed by atoms with van der Waals surface area (Å²) < 4.78 is 25.5. The van der Waals surface area contributed by atoms with Crippen LogP contribution in [0.1, 0.15) is 28.8 Å². The highest BCUT2D eigenvalue weighted by atomic mass is 32.2. The van der Waals surface area contributed by atoms with E-state index in [4.69, 9.17) is 13.9 Å². The molecule has 0 spiro atoms. The summed E-state index contributed by atoms with van der Waals surface area (Å²) in [5.41, 5.74) is 0.598. The smallest absolute Gasteiger partial charge is 0.373 e. The van der Waals surface area contributed by atoms with Crippen molar-refractivity contribution < 1.29 is 42.5 Å². The van der Waals surface area contributed by atoms with Gasteiger partial charge in [-0.25, -0.2) is 9.59 Å². The average molecular weight is 475 g/mol. The first-order chi connectivity index (χ1) is 15.9. The lowest BCUT2D eigenvalue weighted by molar-refractivity contribution is -0.143. The quantitative estimate of drug-likeness (QED) is 0.394. The molecule has 33 heavy (non-hydrogen) atoms. The van der Waals surface area contributed by atoms with Gasteiger partial charge in [-0.3, -0.25) is 14.5 Å². The molecule has 3 rings (SSSR count). The zero-order chi connectivity index (χ0) is 24.0. The number of carbonyl (C=O) groups excluding carboxylic acids is 4. The zero-order valence-electron chi connectivity index (χ0n) is 18.1. The first kappa shape index (κ1) is 23.9. The molecular formula is C22H21NO9S. The Hall–Kier alpha value is -3.73. The molecule has 0 atom stereocenters. The summed E-state index contributed by atoms with van der Waals surface area (Å²) in [4.78, 5) is 49.3. The normalized spacial score (nSPS) is 14.5. The Labute approximate surface area is 193 Å². The Balaban J connectivity index is 1.76. The average Bonchev–Trinajstić information content (AvgIpc) is 3.38. The second-order valence-electron chi connectivity index (χ2n) is 6.53. The predicted octanol–water partition coefficient (Wildman–Crippen LogP) is 3.25. The fraction of sp³-hybridized carbons (Fsp3) is 0.273. The molecule has 2 aromatic rings. The van der Waals surface area contributed by atoms with E-state index >= 15 is 0 Å². The minimum atomic E-state index is -0.653. The number of amides is 2. The Bertz CT molecular complexity index is 1110. The molecule has 0 aliphatic carbocycles. The Morgan fingerprint density at radius 3 is 2.55 bits per heavy atom. The molecule has 1 aliphatic rings. The van der Waals surface area contributed by atoms with Crippen LogP contribution in [-0.2, 0) is 25.6 Å². The number of ether oxygens (including phenoxy) is 4. The van der Waals surface area contributed by atoms with Crippen LogP contribution in [0.4, 0.5) is 4.79 Å². The SMILES string of the molecule is CCOc1cc(/C=C2/SC(=O)N(Cc3ccc(C(=O)OC)o3)C2=O)ccc1OCC(=O)OC. The number of esters is 2. The van der Waals surface area contributed by atoms with E-state index in [-0.39, 0.29) is 29.6 Å². The molecule has 2 amide bonds. The van der Waals surface area contributed by atoms with E-state index in [1.165, 1.54) is 26.4 Å². The molecule has 0 unspecified atom stereocenters. The predicted molar refractivity (Wildman–Crippen MR) is 117 cm³/mol. The first-order valence-corrected chi connectivity index (χ1v) is 10.6. The van der Waals surface area contributed by atoms with Gasteiger partial charge in [-0.05, 0) is 54.6 Å². The maximum absolute atomic E-state index is 12.8. The number of rotatable bonds is 9. The van der Waals surface area contributed by atoms with E-state index in [1.54, 1.807) is 31.2 Å². The Morgan fingerprint density at radius 2 is 1.85 bits per heavy atom. The monoisotopic (exact) mass is 475 g/mol. The molecule has 2 heterocycles. The number of benzene rings is 1. The van der Waals surface area contributed by atoms with Crippen molar-refractivity contribution in [3.05, 3.63) is 52.3 Å². The number of hydrogen-bond donors (Lipinski definition) is 0. The van der Waals surface area contributed by atoms with Crippen LogP contribution in [0.15, 0.2) is 39.7 Å². The molecule has 1 aromatic heterocycles. The molecule has 1 saturated heterocycles. The number of furan rings is 1. The van der Waals surface area contributed by atoms with Crippen molar-refractivity contribution in [2.24, 2.45) is 0 Å². The molecule has 1 aromatic carbocycles. The standard InChI is InChI=1S/C22H21NO9S/c1-4-30-17-9-13(5-7-15(17)31-12-19(24)28-2)10-18-20(25)23(22(27)33-18)11-14-6-8-16(32-14)21(26)29-3/h5-10H,4,11-12H2,1-3H3/b18-10+. The van der Waals surface area contributed by atoms with E-state index in [2.05, 4.69) is 9.47 Å². The van der Waals surface area contributed by atoms with Gasteiger partial charge in [0.1, 0.15) is 5.76 Å². The maximum atomic E-state index is 12.8. The summed E-state index contributed by atoms with van der Waals surface area (Å²) >= 11 is 0.786. The van der Waals surface area contributed by atoms with Crippen molar-refractivity contribution >= 4 is 40.9 Å². The lowest BCUT2D eigenvalue weighted by atomic mass is 10.2. The summed E-state index contributed by atoms with van der Waals surface area (Å²) in [6.07, 6.45) is 1.56. The van der Waals surface area contributed by atoms with Gasteiger partial charge >= 0.3 is 11.9 Å². The van der Waals surface area contributed by atoms with Crippen LogP contribution in [0.25, 0.3) is 6.08 Å². The lowest BCUT2D eigenvalue weighted by Crippen LogP contribution is -2.27. The minimum absolute atomic E-state index is 0.0204. The molecule has 0 radical (unpaired) electrons. The minimum Gasteiger partial charge on any atom is -0.490 e. The fourth-order valence-electron chi connectivity index (χ4n) is 2.81. The van der Waals surface area contributed by atoms with E-state index < -0.39 is 23.1 Å². The van der Waals surface area contributed by atoms with Crippen LogP contribution in [0.2, 0.25) is 0 Å². The van der Waals surface area contributed by atoms with Crippen molar-refractivity contribution in [3.8, 4) is 11.5 Å². The van der Waals surface area contributed by atoms with Gasteiger partial charge < -0.3 is 23.4 Å². The largest absolute Gasteiger partial charge is 0.490 e. The summed E-state index contributed by atoms with van der Waals surface area (Å²) in [6, 6.07) is 7.81. The Kier molecular flexibility index (Phi) is 7.78. The second kappa shape index (κ2) is 10.7. The third-order valence-corrected chi connectivity index (χ3v) is 5.28. The van der Waals surface area contributed by atoms with Gasteiger partial charge in [-0.15, -0.1) is 0 Å². The van der Waals surface area contributed by atoms with Gasteiger partial charge in [-0.2, -0.15) is 0 Å². The van der Waals surface area contributed by atoms with Gasteiger partial charge in [0.15, 0.2) is 18.1 Å². The van der Waals surface area contributed by atoms with Crippen LogP contribution >= 0.6 is 11.8 Å². The van der Waals surface area contributed by atoms with E-state index in [9.17, 15) is 19.2 Å². The summed E-state index contributed by atoms with van der Waals surface area (Å²) in [5.74, 6) is -0.723. The van der Waals surface area contributed by atoms with Crippen molar-refractivity contribution in [2.45, 2.75) is 13.5 Å². The van der Waals surface area contributed by atoms with Gasteiger partial charge in [0.05, 0.1) is 32.3 Å². The van der Waals surface area contributed by atoms with Crippen molar-refractivity contribution in [1.29, 1.82) is 0 Å². The van der Waals surface area contributed by atoms with Crippen LogP contribution < -0.4 is 9.47 Å². The van der Waals surface area contributed by atoms with Crippen molar-refractivity contribution in [2.75, 3.05) is 27.4 Å². The van der Waals surface area contributed by atoms with E-state index in [0.29, 0.717) is 23.7 Å². The molecular weight excluding hydrogens is 454 g/mol. The molecule has 11 heteroatoms. The second-order valence-corrected chi connectivity index (χ2v) is 7.52. The molecule has 0 N–H and O–H groups in total. The Morgan fingerprint density at radius 1 is 1.06 bits per heavy atom. The number of nitrogens with zero attached hydrogens (tertiary/aromatic N) is 1. The number of methoxy groups -OCH3 is 2. The topological polar surface area (TPSA) is 122 Å². The summed E-state index contributed by atoms with van der Waals surface area (Å²) in [5, 5.41) is -0.467. The number of thioether (sulfide) groups is 1. The summed E-state index contributed by atoms with van der Waals surface area (Å²) in [6.45, 7) is 1.75. The van der Waals surface area contributed by atoms with Crippen LogP contribution in [0, 0.1) is 0 Å². The lowest BCUT2D eigenvalue weighted by Gasteiger charge is -2.12. The molecule has 10 nitrogen and oxygen atoms in total. The highest BCUT2D eigenvalue weighted by Gasteiger charge is 2.35. The van der Waals surface area contributed by atoms with Crippen molar-refractivity contribution in [1.82, 2.24) is 4.90 Å². The van der Waals surface area contributed by atoms with Crippen LogP contribution in [-0.4, -0.2) is 55.4 Å².